The van der Waals surface area contributed by atoms with Crippen LogP contribution in [0.3, 0.4) is 0 Å². The number of piperazine rings is 1. The molecule has 1 fully saturated rings. The highest BCUT2D eigenvalue weighted by Gasteiger charge is 2.34. The van der Waals surface area contributed by atoms with Gasteiger partial charge in [0.15, 0.2) is 11.5 Å². The molecule has 9 heteroatoms. The highest BCUT2D eigenvalue weighted by atomic mass is 35.5. The standard InChI is InChI=1S/C23H27ClN2O6/c1-29-18-13-15(14-19(30-2)21(18)31-3)22(27)26-11-9-25(10-12-26)20(23(28)32-4)16-7-5-6-8-17(16)24/h5-8,13-14,20H,9-12H2,1-4H3/t20-/m0/s1. The number of halogens is 1. The third-order valence-corrected chi connectivity index (χ3v) is 5.85. The predicted octanol–water partition coefficient (Wildman–Crippen LogP) is 3.04. The first-order chi connectivity index (χ1) is 15.4. The average molecular weight is 463 g/mol. The Bertz CT molecular complexity index is 950. The van der Waals surface area contributed by atoms with E-state index in [1.807, 2.05) is 23.1 Å². The lowest BCUT2D eigenvalue weighted by Crippen LogP contribution is -2.51. The molecule has 8 nitrogen and oxygen atoms in total. The Morgan fingerprint density at radius 2 is 1.50 bits per heavy atom. The van der Waals surface area contributed by atoms with Crippen molar-refractivity contribution in [1.82, 2.24) is 9.80 Å². The molecular formula is C23H27ClN2O6. The number of benzene rings is 2. The molecule has 1 saturated heterocycles. The third kappa shape index (κ3) is 4.76. The van der Waals surface area contributed by atoms with Gasteiger partial charge in [0.05, 0.1) is 28.4 Å². The minimum atomic E-state index is -0.632. The Kier molecular flexibility index (Phi) is 7.82. The first-order valence-corrected chi connectivity index (χ1v) is 10.5. The van der Waals surface area contributed by atoms with Gasteiger partial charge in [-0.2, -0.15) is 0 Å². The van der Waals surface area contributed by atoms with Crippen LogP contribution in [0.5, 0.6) is 17.2 Å². The van der Waals surface area contributed by atoms with Gasteiger partial charge in [-0.1, -0.05) is 29.8 Å². The van der Waals surface area contributed by atoms with Gasteiger partial charge in [0, 0.05) is 36.8 Å². The van der Waals surface area contributed by atoms with Gasteiger partial charge in [0.2, 0.25) is 5.75 Å². The monoisotopic (exact) mass is 462 g/mol. The number of hydrogen-bond acceptors (Lipinski definition) is 7. The maximum Gasteiger partial charge on any atom is 0.327 e. The van der Waals surface area contributed by atoms with Crippen LogP contribution < -0.4 is 14.2 Å². The van der Waals surface area contributed by atoms with Crippen LogP contribution in [0.2, 0.25) is 5.02 Å². The van der Waals surface area contributed by atoms with Gasteiger partial charge < -0.3 is 23.8 Å². The molecule has 0 unspecified atom stereocenters. The van der Waals surface area contributed by atoms with Crippen molar-refractivity contribution in [2.45, 2.75) is 6.04 Å². The number of amides is 1. The normalized spacial score (nSPS) is 15.1. The van der Waals surface area contributed by atoms with Crippen LogP contribution in [0.15, 0.2) is 36.4 Å². The van der Waals surface area contributed by atoms with E-state index in [2.05, 4.69) is 0 Å². The summed E-state index contributed by atoms with van der Waals surface area (Å²) in [6, 6.07) is 9.85. The summed E-state index contributed by atoms with van der Waals surface area (Å²) in [7, 11) is 5.88. The molecule has 0 radical (unpaired) electrons. The molecule has 2 aromatic carbocycles. The maximum atomic E-state index is 13.2. The second-order valence-electron chi connectivity index (χ2n) is 7.19. The van der Waals surface area contributed by atoms with E-state index < -0.39 is 6.04 Å². The second kappa shape index (κ2) is 10.6. The van der Waals surface area contributed by atoms with E-state index in [9.17, 15) is 9.59 Å². The fourth-order valence-electron chi connectivity index (χ4n) is 3.85. The van der Waals surface area contributed by atoms with E-state index >= 15 is 0 Å². The van der Waals surface area contributed by atoms with Crippen molar-refractivity contribution in [3.8, 4) is 17.2 Å². The average Bonchev–Trinajstić information content (AvgIpc) is 2.84. The Hall–Kier alpha value is -2.97. The molecule has 0 bridgehead atoms. The van der Waals surface area contributed by atoms with Crippen LogP contribution in [0.4, 0.5) is 0 Å². The lowest BCUT2D eigenvalue weighted by atomic mass is 10.0. The molecule has 1 aliphatic heterocycles. The Labute approximate surface area is 192 Å². The SMILES string of the molecule is COC(=O)[C@H](c1ccccc1Cl)N1CCN(C(=O)c2cc(OC)c(OC)c(OC)c2)CC1. The highest BCUT2D eigenvalue weighted by Crippen LogP contribution is 2.38. The van der Waals surface area contributed by atoms with Crippen molar-refractivity contribution >= 4 is 23.5 Å². The largest absolute Gasteiger partial charge is 0.493 e. The molecule has 0 saturated carbocycles. The fourth-order valence-corrected chi connectivity index (χ4v) is 4.09. The van der Waals surface area contributed by atoms with Gasteiger partial charge in [-0.25, -0.2) is 4.79 Å². The number of methoxy groups -OCH3 is 4. The lowest BCUT2D eigenvalue weighted by Gasteiger charge is -2.38. The Morgan fingerprint density at radius 3 is 2.00 bits per heavy atom. The second-order valence-corrected chi connectivity index (χ2v) is 7.60. The number of esters is 1. The van der Waals surface area contributed by atoms with E-state index in [1.54, 1.807) is 23.1 Å². The van der Waals surface area contributed by atoms with E-state index in [-0.39, 0.29) is 11.9 Å². The van der Waals surface area contributed by atoms with E-state index in [0.717, 1.165) is 0 Å². The Balaban J connectivity index is 1.78. The number of rotatable bonds is 7. The number of ether oxygens (including phenoxy) is 4. The van der Waals surface area contributed by atoms with Gasteiger partial charge in [-0.3, -0.25) is 9.69 Å². The van der Waals surface area contributed by atoms with Crippen molar-refractivity contribution in [2.24, 2.45) is 0 Å². The third-order valence-electron chi connectivity index (χ3n) is 5.50. The summed E-state index contributed by atoms with van der Waals surface area (Å²) in [6.07, 6.45) is 0. The molecule has 32 heavy (non-hydrogen) atoms. The summed E-state index contributed by atoms with van der Waals surface area (Å²) >= 11 is 6.35. The molecule has 172 valence electrons. The first kappa shape index (κ1) is 23.7. The molecule has 0 aromatic heterocycles. The van der Waals surface area contributed by atoms with Crippen LogP contribution in [-0.4, -0.2) is 76.3 Å². The minimum absolute atomic E-state index is 0.156. The van der Waals surface area contributed by atoms with Crippen molar-refractivity contribution in [3.05, 3.63) is 52.5 Å². The fraction of sp³-hybridized carbons (Fsp3) is 0.391. The van der Waals surface area contributed by atoms with Crippen LogP contribution in [0, 0.1) is 0 Å². The summed E-state index contributed by atoms with van der Waals surface area (Å²) in [4.78, 5) is 29.4. The summed E-state index contributed by atoms with van der Waals surface area (Å²) < 4.78 is 21.1. The molecule has 1 aliphatic rings. The molecule has 0 N–H and O–H groups in total. The molecule has 1 amide bonds. The lowest BCUT2D eigenvalue weighted by molar-refractivity contribution is -0.148. The number of nitrogens with zero attached hydrogens (tertiary/aromatic N) is 2. The first-order valence-electron chi connectivity index (χ1n) is 10.1. The Morgan fingerprint density at radius 1 is 0.906 bits per heavy atom. The summed E-state index contributed by atoms with van der Waals surface area (Å²) in [5.41, 5.74) is 1.12. The van der Waals surface area contributed by atoms with Gasteiger partial charge in [0.25, 0.3) is 5.91 Å². The van der Waals surface area contributed by atoms with Crippen LogP contribution in [0.1, 0.15) is 22.0 Å². The van der Waals surface area contributed by atoms with E-state index in [4.69, 9.17) is 30.5 Å². The van der Waals surface area contributed by atoms with Crippen LogP contribution >= 0.6 is 11.6 Å². The predicted molar refractivity (Wildman–Crippen MR) is 120 cm³/mol. The van der Waals surface area contributed by atoms with Crippen molar-refractivity contribution in [2.75, 3.05) is 54.6 Å². The zero-order valence-electron chi connectivity index (χ0n) is 18.6. The highest BCUT2D eigenvalue weighted by molar-refractivity contribution is 6.31. The van der Waals surface area contributed by atoms with E-state index in [0.29, 0.717) is 59.6 Å². The van der Waals surface area contributed by atoms with Gasteiger partial charge >= 0.3 is 5.97 Å². The number of carbonyl (C=O) groups is 2. The van der Waals surface area contributed by atoms with E-state index in [1.165, 1.54) is 28.4 Å². The molecular weight excluding hydrogens is 436 g/mol. The number of hydrogen-bond donors (Lipinski definition) is 0. The topological polar surface area (TPSA) is 77.5 Å². The van der Waals surface area contributed by atoms with Gasteiger partial charge in [-0.05, 0) is 23.8 Å². The van der Waals surface area contributed by atoms with Crippen molar-refractivity contribution < 1.29 is 28.5 Å². The summed E-state index contributed by atoms with van der Waals surface area (Å²) in [6.45, 7) is 1.85. The van der Waals surface area contributed by atoms with Gasteiger partial charge in [0.1, 0.15) is 6.04 Å². The van der Waals surface area contributed by atoms with Crippen LogP contribution in [-0.2, 0) is 9.53 Å². The maximum absolute atomic E-state index is 13.2. The molecule has 1 atom stereocenters. The molecule has 2 aromatic rings. The summed E-state index contributed by atoms with van der Waals surface area (Å²) in [5.74, 6) is 0.715. The smallest absolute Gasteiger partial charge is 0.327 e. The zero-order chi connectivity index (χ0) is 23.3. The van der Waals surface area contributed by atoms with Crippen LogP contribution in [0.25, 0.3) is 0 Å². The van der Waals surface area contributed by atoms with Crippen molar-refractivity contribution in [3.63, 3.8) is 0 Å². The van der Waals surface area contributed by atoms with Crippen molar-refractivity contribution in [1.29, 1.82) is 0 Å². The molecule has 3 rings (SSSR count). The minimum Gasteiger partial charge on any atom is -0.493 e. The number of carbonyl (C=O) groups excluding carboxylic acids is 2. The molecule has 0 spiro atoms. The van der Waals surface area contributed by atoms with Gasteiger partial charge in [-0.15, -0.1) is 0 Å². The molecule has 1 heterocycles. The zero-order valence-corrected chi connectivity index (χ0v) is 19.3. The summed E-state index contributed by atoms with van der Waals surface area (Å²) in [5, 5.41) is 0.499. The molecule has 0 aliphatic carbocycles. The quantitative estimate of drug-likeness (QED) is 0.585.